The zero-order chi connectivity index (χ0) is 21.3. The van der Waals surface area contributed by atoms with Crippen molar-refractivity contribution in [3.8, 4) is 17.0 Å². The standard InChI is InChI=1S/C20H19ClN6O3/c1-12(28)10-26-11-16(18(25-26)14-8-13(21)4-5-17(14)30-2)24-20(29)15-9-23-27-7-3-6-22-19(15)27/h3-9,11-12,28H,10H2,1-2H3,(H,24,29)/t12-/m0/s1. The number of aliphatic hydroxyl groups excluding tert-OH is 1. The number of carbonyl (C=O) groups is 1. The van der Waals surface area contributed by atoms with Crippen LogP contribution in [0.15, 0.2) is 49.1 Å². The molecule has 1 atom stereocenters. The summed E-state index contributed by atoms with van der Waals surface area (Å²) in [5.41, 5.74) is 2.28. The molecule has 0 spiro atoms. The maximum absolute atomic E-state index is 13.0. The third-order valence-corrected chi connectivity index (χ3v) is 4.64. The van der Waals surface area contributed by atoms with Crippen molar-refractivity contribution in [1.82, 2.24) is 24.4 Å². The fourth-order valence-electron chi connectivity index (χ4n) is 3.12. The molecule has 3 aromatic heterocycles. The monoisotopic (exact) mass is 426 g/mol. The quantitative estimate of drug-likeness (QED) is 0.491. The van der Waals surface area contributed by atoms with Crippen LogP contribution in [-0.4, -0.2) is 48.6 Å². The lowest BCUT2D eigenvalue weighted by Crippen LogP contribution is -2.13. The minimum Gasteiger partial charge on any atom is -0.496 e. The number of aliphatic hydroxyl groups is 1. The number of ether oxygens (including phenoxy) is 1. The lowest BCUT2D eigenvalue weighted by Gasteiger charge is -2.09. The van der Waals surface area contributed by atoms with E-state index in [2.05, 4.69) is 20.5 Å². The number of benzene rings is 1. The molecule has 0 aliphatic carbocycles. The van der Waals surface area contributed by atoms with Crippen LogP contribution in [0.2, 0.25) is 5.02 Å². The molecule has 9 nitrogen and oxygen atoms in total. The maximum atomic E-state index is 13.0. The van der Waals surface area contributed by atoms with E-state index in [1.54, 1.807) is 61.6 Å². The van der Waals surface area contributed by atoms with E-state index in [1.165, 1.54) is 10.7 Å². The van der Waals surface area contributed by atoms with Gasteiger partial charge in [0, 0.05) is 29.2 Å². The first-order chi connectivity index (χ1) is 14.5. The number of hydrogen-bond donors (Lipinski definition) is 2. The SMILES string of the molecule is COc1ccc(Cl)cc1-c1nn(C[C@H](C)O)cc1NC(=O)c1cnn2cccnc12. The zero-order valence-electron chi connectivity index (χ0n) is 16.3. The molecule has 0 radical (unpaired) electrons. The van der Waals surface area contributed by atoms with Gasteiger partial charge < -0.3 is 15.2 Å². The summed E-state index contributed by atoms with van der Waals surface area (Å²) in [6.07, 6.45) is 5.79. The van der Waals surface area contributed by atoms with Gasteiger partial charge >= 0.3 is 0 Å². The highest BCUT2D eigenvalue weighted by Crippen LogP contribution is 2.36. The topological polar surface area (TPSA) is 107 Å². The molecule has 4 rings (SSSR count). The van der Waals surface area contributed by atoms with E-state index in [0.29, 0.717) is 38.9 Å². The van der Waals surface area contributed by atoms with Gasteiger partial charge in [0.1, 0.15) is 17.0 Å². The number of rotatable bonds is 6. The molecule has 4 aromatic rings. The van der Waals surface area contributed by atoms with Crippen LogP contribution in [0.1, 0.15) is 17.3 Å². The molecule has 0 fully saturated rings. The molecule has 154 valence electrons. The van der Waals surface area contributed by atoms with Crippen LogP contribution in [0.25, 0.3) is 16.9 Å². The summed E-state index contributed by atoms with van der Waals surface area (Å²) in [6.45, 7) is 1.91. The number of fused-ring (bicyclic) bond motifs is 1. The summed E-state index contributed by atoms with van der Waals surface area (Å²) in [7, 11) is 1.54. The number of nitrogens with one attached hydrogen (secondary N) is 1. The molecule has 2 N–H and O–H groups in total. The van der Waals surface area contributed by atoms with Gasteiger partial charge in [-0.25, -0.2) is 9.50 Å². The van der Waals surface area contributed by atoms with Crippen molar-refractivity contribution in [3.05, 3.63) is 59.6 Å². The Hall–Kier alpha value is -3.43. The fourth-order valence-corrected chi connectivity index (χ4v) is 3.29. The lowest BCUT2D eigenvalue weighted by atomic mass is 10.1. The van der Waals surface area contributed by atoms with Gasteiger partial charge in [-0.15, -0.1) is 0 Å². The Balaban J connectivity index is 1.76. The van der Waals surface area contributed by atoms with Crippen LogP contribution in [0.4, 0.5) is 5.69 Å². The summed E-state index contributed by atoms with van der Waals surface area (Å²) < 4.78 is 8.52. The van der Waals surface area contributed by atoms with Gasteiger partial charge in [0.05, 0.1) is 31.6 Å². The minimum atomic E-state index is -0.619. The maximum Gasteiger partial charge on any atom is 0.261 e. The number of nitrogens with zero attached hydrogens (tertiary/aromatic N) is 5. The second-order valence-electron chi connectivity index (χ2n) is 6.71. The lowest BCUT2D eigenvalue weighted by molar-refractivity contribution is 0.102. The summed E-state index contributed by atoms with van der Waals surface area (Å²) in [5.74, 6) is 0.164. The van der Waals surface area contributed by atoms with Crippen molar-refractivity contribution in [2.75, 3.05) is 12.4 Å². The van der Waals surface area contributed by atoms with E-state index < -0.39 is 6.10 Å². The van der Waals surface area contributed by atoms with Gasteiger partial charge in [-0.3, -0.25) is 9.48 Å². The zero-order valence-corrected chi connectivity index (χ0v) is 17.0. The number of methoxy groups -OCH3 is 1. The Morgan fingerprint density at radius 2 is 2.23 bits per heavy atom. The highest BCUT2D eigenvalue weighted by atomic mass is 35.5. The van der Waals surface area contributed by atoms with Gasteiger partial charge in [-0.2, -0.15) is 10.2 Å². The van der Waals surface area contributed by atoms with E-state index in [0.717, 1.165) is 0 Å². The summed E-state index contributed by atoms with van der Waals surface area (Å²) in [4.78, 5) is 17.2. The Kier molecular flexibility index (Phi) is 5.39. The van der Waals surface area contributed by atoms with Gasteiger partial charge in [0.25, 0.3) is 5.91 Å². The van der Waals surface area contributed by atoms with Crippen LogP contribution >= 0.6 is 11.6 Å². The van der Waals surface area contributed by atoms with E-state index in [9.17, 15) is 9.90 Å². The van der Waals surface area contributed by atoms with Crippen molar-refractivity contribution in [3.63, 3.8) is 0 Å². The van der Waals surface area contributed by atoms with E-state index in [4.69, 9.17) is 16.3 Å². The number of carbonyl (C=O) groups excluding carboxylic acids is 1. The highest BCUT2D eigenvalue weighted by molar-refractivity contribution is 6.31. The third kappa shape index (κ3) is 3.85. The number of amides is 1. The minimum absolute atomic E-state index is 0.254. The van der Waals surface area contributed by atoms with Crippen molar-refractivity contribution in [2.24, 2.45) is 0 Å². The van der Waals surface area contributed by atoms with E-state index in [1.807, 2.05) is 0 Å². The van der Waals surface area contributed by atoms with Crippen LogP contribution in [0, 0.1) is 0 Å². The molecular formula is C20H19ClN6O3. The average molecular weight is 427 g/mol. The first kappa shape index (κ1) is 19.9. The molecule has 1 amide bonds. The van der Waals surface area contributed by atoms with Gasteiger partial charge in [-0.1, -0.05) is 11.6 Å². The van der Waals surface area contributed by atoms with Crippen molar-refractivity contribution in [1.29, 1.82) is 0 Å². The largest absolute Gasteiger partial charge is 0.496 e. The molecule has 1 aromatic carbocycles. The van der Waals surface area contributed by atoms with Gasteiger partial charge in [0.15, 0.2) is 5.65 Å². The Bertz CT molecular complexity index is 1220. The molecule has 3 heterocycles. The Morgan fingerprint density at radius 3 is 3.00 bits per heavy atom. The molecular weight excluding hydrogens is 408 g/mol. The Labute approximate surface area is 176 Å². The number of anilines is 1. The predicted molar refractivity (Wildman–Crippen MR) is 112 cm³/mol. The summed E-state index contributed by atoms with van der Waals surface area (Å²) in [6, 6.07) is 6.87. The van der Waals surface area contributed by atoms with Gasteiger partial charge in [0.2, 0.25) is 0 Å². The number of hydrogen-bond acceptors (Lipinski definition) is 6. The first-order valence-corrected chi connectivity index (χ1v) is 9.53. The van der Waals surface area contributed by atoms with Crippen LogP contribution < -0.4 is 10.1 Å². The molecule has 0 unspecified atom stereocenters. The molecule has 0 saturated heterocycles. The number of aromatic nitrogens is 5. The third-order valence-electron chi connectivity index (χ3n) is 4.40. The van der Waals surface area contributed by atoms with Crippen molar-refractivity contribution >= 4 is 28.8 Å². The predicted octanol–water partition coefficient (Wildman–Crippen LogP) is 2.89. The van der Waals surface area contributed by atoms with Crippen LogP contribution in [0.5, 0.6) is 5.75 Å². The molecule has 0 aliphatic heterocycles. The summed E-state index contributed by atoms with van der Waals surface area (Å²) in [5, 5.41) is 21.8. The molecule has 0 bridgehead atoms. The normalized spacial score (nSPS) is 12.1. The second-order valence-corrected chi connectivity index (χ2v) is 7.14. The van der Waals surface area contributed by atoms with E-state index in [-0.39, 0.29) is 12.5 Å². The molecule has 0 saturated carbocycles. The van der Waals surface area contributed by atoms with Gasteiger partial charge in [-0.05, 0) is 31.2 Å². The smallest absolute Gasteiger partial charge is 0.261 e. The van der Waals surface area contributed by atoms with E-state index >= 15 is 0 Å². The average Bonchev–Trinajstić information content (AvgIpc) is 3.31. The Morgan fingerprint density at radius 1 is 1.40 bits per heavy atom. The highest BCUT2D eigenvalue weighted by Gasteiger charge is 2.21. The molecule has 30 heavy (non-hydrogen) atoms. The first-order valence-electron chi connectivity index (χ1n) is 9.15. The van der Waals surface area contributed by atoms with Crippen LogP contribution in [0.3, 0.4) is 0 Å². The molecule has 0 aliphatic rings. The van der Waals surface area contributed by atoms with Crippen molar-refractivity contribution in [2.45, 2.75) is 19.6 Å². The summed E-state index contributed by atoms with van der Waals surface area (Å²) >= 11 is 6.18. The van der Waals surface area contributed by atoms with Crippen LogP contribution in [-0.2, 0) is 6.54 Å². The second kappa shape index (κ2) is 8.13. The van der Waals surface area contributed by atoms with Crippen molar-refractivity contribution < 1.29 is 14.6 Å². The fraction of sp³-hybridized carbons (Fsp3) is 0.200. The number of halogens is 1. The molecule has 10 heteroatoms.